The molecule has 0 aliphatic rings. The first-order valence-electron chi connectivity index (χ1n) is 5.72. The number of anilines is 1. The summed E-state index contributed by atoms with van der Waals surface area (Å²) in [6, 6.07) is 8.03. The molecule has 20 heavy (non-hydrogen) atoms. The fraction of sp³-hybridized carbons (Fsp3) is 0.0769. The van der Waals surface area contributed by atoms with Gasteiger partial charge in [-0.1, -0.05) is 12.1 Å². The summed E-state index contributed by atoms with van der Waals surface area (Å²) >= 11 is 0. The second-order valence-corrected chi connectivity index (χ2v) is 4.23. The number of imidazole rings is 1. The molecule has 0 spiro atoms. The Bertz CT molecular complexity index is 777. The van der Waals surface area contributed by atoms with Gasteiger partial charge in [-0.15, -0.1) is 0 Å². The van der Waals surface area contributed by atoms with E-state index in [-0.39, 0.29) is 11.4 Å². The van der Waals surface area contributed by atoms with Crippen molar-refractivity contribution in [3.63, 3.8) is 0 Å². The Kier molecular flexibility index (Phi) is 2.63. The first kappa shape index (κ1) is 12.5. The number of hydrogen-bond acceptors (Lipinski definition) is 3. The van der Waals surface area contributed by atoms with E-state index in [4.69, 9.17) is 5.73 Å². The highest BCUT2D eigenvalue weighted by atomic mass is 19.4. The van der Waals surface area contributed by atoms with Crippen molar-refractivity contribution in [3.8, 4) is 5.69 Å². The van der Waals surface area contributed by atoms with Gasteiger partial charge >= 0.3 is 6.18 Å². The lowest BCUT2D eigenvalue weighted by molar-refractivity contribution is -0.141. The van der Waals surface area contributed by atoms with Gasteiger partial charge < -0.3 is 5.73 Å². The molecule has 3 rings (SSSR count). The molecule has 0 unspecified atom stereocenters. The fourth-order valence-electron chi connectivity index (χ4n) is 1.97. The van der Waals surface area contributed by atoms with Crippen molar-refractivity contribution in [2.75, 3.05) is 5.73 Å². The molecule has 3 aromatic rings. The van der Waals surface area contributed by atoms with Crippen LogP contribution in [0.2, 0.25) is 0 Å². The van der Waals surface area contributed by atoms with Crippen LogP contribution in [0.15, 0.2) is 42.9 Å². The average Bonchev–Trinajstić information content (AvgIpc) is 2.82. The summed E-state index contributed by atoms with van der Waals surface area (Å²) in [5, 5.41) is 0. The molecule has 0 fully saturated rings. The Morgan fingerprint density at radius 1 is 1.10 bits per heavy atom. The molecular formula is C13H9F3N4. The zero-order valence-electron chi connectivity index (χ0n) is 10.1. The third-order valence-electron chi connectivity index (χ3n) is 2.92. The van der Waals surface area contributed by atoms with Gasteiger partial charge in [-0.3, -0.25) is 4.57 Å². The second kappa shape index (κ2) is 4.22. The zero-order valence-corrected chi connectivity index (χ0v) is 10.1. The number of hydrogen-bond donors (Lipinski definition) is 1. The maximum atomic E-state index is 12.7. The number of nitrogens with zero attached hydrogens (tertiary/aromatic N) is 3. The third-order valence-corrected chi connectivity index (χ3v) is 2.92. The van der Waals surface area contributed by atoms with E-state index in [9.17, 15) is 13.2 Å². The van der Waals surface area contributed by atoms with E-state index < -0.39 is 11.9 Å². The molecule has 102 valence electrons. The van der Waals surface area contributed by atoms with E-state index in [1.807, 2.05) is 0 Å². The number of nitrogen functional groups attached to an aromatic ring is 1. The number of alkyl halides is 3. The minimum absolute atomic E-state index is 0.154. The molecule has 4 nitrogen and oxygen atoms in total. The number of para-hydroxylation sites is 2. The van der Waals surface area contributed by atoms with Crippen LogP contribution < -0.4 is 5.73 Å². The molecule has 2 aromatic heterocycles. The summed E-state index contributed by atoms with van der Waals surface area (Å²) in [7, 11) is 0. The largest absolute Gasteiger partial charge is 0.433 e. The summed E-state index contributed by atoms with van der Waals surface area (Å²) in [4.78, 5) is 7.45. The van der Waals surface area contributed by atoms with Crippen LogP contribution in [0.5, 0.6) is 0 Å². The maximum absolute atomic E-state index is 12.7. The quantitative estimate of drug-likeness (QED) is 0.744. The van der Waals surface area contributed by atoms with Gasteiger partial charge in [-0.25, -0.2) is 9.97 Å². The smallest absolute Gasteiger partial charge is 0.396 e. The Hall–Kier alpha value is -2.57. The van der Waals surface area contributed by atoms with Gasteiger partial charge in [0.15, 0.2) is 0 Å². The number of rotatable bonds is 1. The number of fused-ring (bicyclic) bond motifs is 1. The number of benzene rings is 1. The maximum Gasteiger partial charge on any atom is 0.433 e. The van der Waals surface area contributed by atoms with E-state index in [2.05, 4.69) is 9.97 Å². The molecule has 7 heteroatoms. The minimum atomic E-state index is -4.52. The van der Waals surface area contributed by atoms with Crippen LogP contribution >= 0.6 is 0 Å². The van der Waals surface area contributed by atoms with E-state index in [0.29, 0.717) is 11.0 Å². The molecule has 0 bridgehead atoms. The lowest BCUT2D eigenvalue weighted by Crippen LogP contribution is -2.10. The van der Waals surface area contributed by atoms with Gasteiger partial charge in [0, 0.05) is 0 Å². The fourth-order valence-corrected chi connectivity index (χ4v) is 1.97. The minimum Gasteiger partial charge on any atom is -0.396 e. The van der Waals surface area contributed by atoms with E-state index in [0.717, 1.165) is 12.3 Å². The molecule has 0 amide bonds. The molecule has 0 saturated heterocycles. The van der Waals surface area contributed by atoms with Crippen LogP contribution in [0.3, 0.4) is 0 Å². The zero-order chi connectivity index (χ0) is 14.3. The van der Waals surface area contributed by atoms with Crippen molar-refractivity contribution < 1.29 is 13.2 Å². The van der Waals surface area contributed by atoms with Crippen molar-refractivity contribution in [2.45, 2.75) is 6.18 Å². The number of aromatic nitrogens is 3. The number of pyridine rings is 1. The van der Waals surface area contributed by atoms with Crippen molar-refractivity contribution in [3.05, 3.63) is 48.5 Å². The highest BCUT2D eigenvalue weighted by Crippen LogP contribution is 2.31. The molecular weight excluding hydrogens is 269 g/mol. The Morgan fingerprint density at radius 3 is 2.60 bits per heavy atom. The SMILES string of the molecule is Nc1cnc(C(F)(F)F)cc1-n1cnc2ccccc21. The van der Waals surface area contributed by atoms with E-state index >= 15 is 0 Å². The predicted molar refractivity (Wildman–Crippen MR) is 68.3 cm³/mol. The topological polar surface area (TPSA) is 56.7 Å². The van der Waals surface area contributed by atoms with Gasteiger partial charge in [-0.2, -0.15) is 13.2 Å². The molecule has 2 heterocycles. The van der Waals surface area contributed by atoms with Crippen LogP contribution in [0.25, 0.3) is 16.7 Å². The molecule has 0 atom stereocenters. The van der Waals surface area contributed by atoms with Gasteiger partial charge in [-0.05, 0) is 18.2 Å². The van der Waals surface area contributed by atoms with Crippen LogP contribution in [0.4, 0.5) is 18.9 Å². The Balaban J connectivity index is 2.24. The highest BCUT2D eigenvalue weighted by Gasteiger charge is 2.33. The Morgan fingerprint density at radius 2 is 1.85 bits per heavy atom. The molecule has 2 N–H and O–H groups in total. The van der Waals surface area contributed by atoms with E-state index in [1.165, 1.54) is 10.9 Å². The molecule has 1 aromatic carbocycles. The summed E-state index contributed by atoms with van der Waals surface area (Å²) in [6.07, 6.45) is -2.07. The summed E-state index contributed by atoms with van der Waals surface area (Å²) in [6.45, 7) is 0. The number of nitrogens with two attached hydrogens (primary N) is 1. The summed E-state index contributed by atoms with van der Waals surface area (Å²) in [5.41, 5.74) is 6.47. The average molecular weight is 278 g/mol. The summed E-state index contributed by atoms with van der Waals surface area (Å²) in [5.74, 6) is 0. The predicted octanol–water partition coefficient (Wildman–Crippen LogP) is 3.02. The van der Waals surface area contributed by atoms with Crippen molar-refractivity contribution >= 4 is 16.7 Å². The van der Waals surface area contributed by atoms with Crippen LogP contribution in [-0.2, 0) is 6.18 Å². The molecule has 0 radical (unpaired) electrons. The first-order chi connectivity index (χ1) is 9.47. The third kappa shape index (κ3) is 1.97. The van der Waals surface area contributed by atoms with Gasteiger partial charge in [0.2, 0.25) is 0 Å². The molecule has 0 saturated carbocycles. The van der Waals surface area contributed by atoms with Crippen LogP contribution in [0.1, 0.15) is 5.69 Å². The normalized spacial score (nSPS) is 11.9. The van der Waals surface area contributed by atoms with Crippen LogP contribution in [0, 0.1) is 0 Å². The van der Waals surface area contributed by atoms with Gasteiger partial charge in [0.05, 0.1) is 28.6 Å². The summed E-state index contributed by atoms with van der Waals surface area (Å²) < 4.78 is 39.7. The molecule has 0 aliphatic heterocycles. The molecule has 0 aliphatic carbocycles. The second-order valence-electron chi connectivity index (χ2n) is 4.23. The van der Waals surface area contributed by atoms with Crippen molar-refractivity contribution in [1.82, 2.24) is 14.5 Å². The lowest BCUT2D eigenvalue weighted by atomic mass is 10.2. The van der Waals surface area contributed by atoms with Crippen LogP contribution in [-0.4, -0.2) is 14.5 Å². The van der Waals surface area contributed by atoms with Gasteiger partial charge in [0.1, 0.15) is 12.0 Å². The standard InChI is InChI=1S/C13H9F3N4/c14-13(15,16)12-5-11(8(17)6-18-12)20-7-19-9-3-1-2-4-10(9)20/h1-7H,17H2. The highest BCUT2D eigenvalue weighted by molar-refractivity contribution is 5.78. The first-order valence-corrected chi connectivity index (χ1v) is 5.72. The van der Waals surface area contributed by atoms with E-state index in [1.54, 1.807) is 24.3 Å². The van der Waals surface area contributed by atoms with Crippen molar-refractivity contribution in [2.24, 2.45) is 0 Å². The monoisotopic (exact) mass is 278 g/mol. The Labute approximate surface area is 111 Å². The van der Waals surface area contributed by atoms with Gasteiger partial charge in [0.25, 0.3) is 0 Å². The number of halogens is 3. The van der Waals surface area contributed by atoms with Crippen molar-refractivity contribution in [1.29, 1.82) is 0 Å². The lowest BCUT2D eigenvalue weighted by Gasteiger charge is -2.11.